The molecule has 6 heteroatoms. The fourth-order valence-corrected chi connectivity index (χ4v) is 2.12. The van der Waals surface area contributed by atoms with Crippen molar-refractivity contribution in [2.24, 2.45) is 0 Å². The van der Waals surface area contributed by atoms with Gasteiger partial charge < -0.3 is 15.3 Å². The van der Waals surface area contributed by atoms with Gasteiger partial charge in [-0.1, -0.05) is 39.0 Å². The summed E-state index contributed by atoms with van der Waals surface area (Å²) in [6, 6.07) is -0.955. The van der Waals surface area contributed by atoms with Crippen molar-refractivity contribution in [3.05, 3.63) is 0 Å². The molecule has 0 bridgehead atoms. The number of urea groups is 2. The summed E-state index contributed by atoms with van der Waals surface area (Å²) >= 11 is 0. The van der Waals surface area contributed by atoms with Crippen molar-refractivity contribution in [3.8, 4) is 0 Å². The van der Waals surface area contributed by atoms with Crippen LogP contribution in [-0.4, -0.2) is 53.3 Å². The Bertz CT molecular complexity index is 310. The molecule has 0 aromatic rings. The second-order valence-corrected chi connectivity index (χ2v) is 5.01. The van der Waals surface area contributed by atoms with Gasteiger partial charge in [0.05, 0.1) is 6.54 Å². The first-order valence-corrected chi connectivity index (χ1v) is 7.08. The molecule has 1 aliphatic heterocycles. The number of unbranched alkanes of at least 4 members (excludes halogenated alkanes) is 5. The van der Waals surface area contributed by atoms with E-state index in [1.165, 1.54) is 30.6 Å². The van der Waals surface area contributed by atoms with E-state index in [0.29, 0.717) is 6.54 Å². The van der Waals surface area contributed by atoms with Gasteiger partial charge in [0.25, 0.3) is 0 Å². The number of nitrogens with zero attached hydrogens (tertiary/aromatic N) is 2. The third-order valence-electron chi connectivity index (χ3n) is 3.29. The van der Waals surface area contributed by atoms with Crippen LogP contribution in [0, 0.1) is 0 Å². The molecule has 1 atom stereocenters. The zero-order chi connectivity index (χ0) is 14.3. The van der Waals surface area contributed by atoms with E-state index in [2.05, 4.69) is 12.2 Å². The number of β-amino-alcohol motifs (C(OH)–C–C–N with tert-alkyl or cyclic N) is 1. The molecule has 1 rings (SSSR count). The molecule has 19 heavy (non-hydrogen) atoms. The van der Waals surface area contributed by atoms with Crippen LogP contribution in [0.2, 0.25) is 0 Å². The first-order valence-electron chi connectivity index (χ1n) is 7.08. The van der Waals surface area contributed by atoms with Crippen molar-refractivity contribution >= 4 is 12.1 Å². The Balaban J connectivity index is 2.16. The maximum atomic E-state index is 11.8. The maximum absolute atomic E-state index is 11.8. The first kappa shape index (κ1) is 15.8. The van der Waals surface area contributed by atoms with E-state index >= 15 is 0 Å². The molecule has 1 unspecified atom stereocenters. The zero-order valence-electron chi connectivity index (χ0n) is 11.9. The zero-order valence-corrected chi connectivity index (χ0v) is 11.9. The molecule has 0 radical (unpaired) electrons. The number of rotatable bonds is 7. The summed E-state index contributed by atoms with van der Waals surface area (Å²) in [5.41, 5.74) is 0. The highest BCUT2D eigenvalue weighted by Crippen LogP contribution is 2.12. The number of likely N-dealkylation sites (N-methyl/N-ethyl adjacent to an activating group) is 1. The number of carbonyl (C=O) groups is 2. The topological polar surface area (TPSA) is 72.9 Å². The van der Waals surface area contributed by atoms with Crippen molar-refractivity contribution in [2.45, 2.75) is 51.7 Å². The molecule has 4 amide bonds. The lowest BCUT2D eigenvalue weighted by atomic mass is 10.1. The van der Waals surface area contributed by atoms with Crippen LogP contribution in [0.5, 0.6) is 0 Å². The minimum absolute atomic E-state index is 0.170. The molecule has 0 saturated carbocycles. The SMILES string of the molecule is CCCCCCCCNC(=O)N1C(=O)N(C)CC1O. The Hall–Kier alpha value is -1.30. The first-order chi connectivity index (χ1) is 9.07. The van der Waals surface area contributed by atoms with E-state index in [0.717, 1.165) is 17.7 Å². The number of nitrogens with one attached hydrogen (secondary N) is 1. The van der Waals surface area contributed by atoms with Gasteiger partial charge >= 0.3 is 12.1 Å². The summed E-state index contributed by atoms with van der Waals surface area (Å²) in [7, 11) is 1.56. The summed E-state index contributed by atoms with van der Waals surface area (Å²) in [4.78, 5) is 25.5. The molecule has 0 spiro atoms. The van der Waals surface area contributed by atoms with Gasteiger partial charge in [0, 0.05) is 13.6 Å². The standard InChI is InChI=1S/C13H25N3O3/c1-3-4-5-6-7-8-9-14-12(18)16-11(17)10-15(2)13(16)19/h11,17H,3-10H2,1-2H3,(H,14,18). The number of hydrogen-bond acceptors (Lipinski definition) is 3. The van der Waals surface area contributed by atoms with Gasteiger partial charge in [-0.3, -0.25) is 0 Å². The highest BCUT2D eigenvalue weighted by molar-refractivity contribution is 5.95. The Kier molecular flexibility index (Phi) is 6.62. The smallest absolute Gasteiger partial charge is 0.330 e. The van der Waals surface area contributed by atoms with E-state index in [1.807, 2.05) is 0 Å². The fourth-order valence-electron chi connectivity index (χ4n) is 2.12. The Morgan fingerprint density at radius 1 is 1.32 bits per heavy atom. The van der Waals surface area contributed by atoms with Gasteiger partial charge in [-0.15, -0.1) is 0 Å². The molecule has 1 heterocycles. The summed E-state index contributed by atoms with van der Waals surface area (Å²) in [6.45, 7) is 2.89. The average molecular weight is 271 g/mol. The molecular formula is C13H25N3O3. The van der Waals surface area contributed by atoms with Crippen molar-refractivity contribution in [1.29, 1.82) is 0 Å². The molecule has 0 aromatic heterocycles. The Morgan fingerprint density at radius 2 is 1.95 bits per heavy atom. The summed E-state index contributed by atoms with van der Waals surface area (Å²) < 4.78 is 0. The van der Waals surface area contributed by atoms with Crippen LogP contribution >= 0.6 is 0 Å². The number of amides is 4. The van der Waals surface area contributed by atoms with Gasteiger partial charge in [-0.05, 0) is 6.42 Å². The minimum Gasteiger partial charge on any atom is -0.371 e. The maximum Gasteiger partial charge on any atom is 0.330 e. The molecule has 0 aliphatic carbocycles. The van der Waals surface area contributed by atoms with Gasteiger partial charge in [0.15, 0.2) is 6.23 Å². The van der Waals surface area contributed by atoms with E-state index in [-0.39, 0.29) is 6.54 Å². The largest absolute Gasteiger partial charge is 0.371 e. The van der Waals surface area contributed by atoms with Crippen LogP contribution in [0.1, 0.15) is 45.4 Å². The number of hydrogen-bond donors (Lipinski definition) is 2. The van der Waals surface area contributed by atoms with Crippen molar-refractivity contribution in [1.82, 2.24) is 15.1 Å². The molecule has 1 fully saturated rings. The summed E-state index contributed by atoms with van der Waals surface area (Å²) in [5, 5.41) is 12.3. The van der Waals surface area contributed by atoms with Crippen molar-refractivity contribution in [3.63, 3.8) is 0 Å². The predicted molar refractivity (Wildman–Crippen MR) is 72.6 cm³/mol. The lowest BCUT2D eigenvalue weighted by molar-refractivity contribution is 0.0810. The van der Waals surface area contributed by atoms with Crippen LogP contribution in [-0.2, 0) is 0 Å². The normalized spacial score (nSPS) is 19.1. The molecular weight excluding hydrogens is 246 g/mol. The van der Waals surface area contributed by atoms with E-state index < -0.39 is 18.3 Å². The van der Waals surface area contributed by atoms with E-state index in [9.17, 15) is 14.7 Å². The quantitative estimate of drug-likeness (QED) is 0.693. The highest BCUT2D eigenvalue weighted by Gasteiger charge is 2.38. The van der Waals surface area contributed by atoms with Crippen molar-refractivity contribution in [2.75, 3.05) is 20.1 Å². The Labute approximate surface area is 114 Å². The molecule has 2 N–H and O–H groups in total. The van der Waals surface area contributed by atoms with Crippen LogP contribution in [0.4, 0.5) is 9.59 Å². The summed E-state index contributed by atoms with van der Waals surface area (Å²) in [6.07, 6.45) is 5.84. The molecule has 6 nitrogen and oxygen atoms in total. The highest BCUT2D eigenvalue weighted by atomic mass is 16.3. The third-order valence-corrected chi connectivity index (χ3v) is 3.29. The van der Waals surface area contributed by atoms with Gasteiger partial charge in [0.1, 0.15) is 0 Å². The second kappa shape index (κ2) is 7.99. The molecule has 1 saturated heterocycles. The number of carbonyl (C=O) groups excluding carboxylic acids is 2. The Morgan fingerprint density at radius 3 is 2.53 bits per heavy atom. The van der Waals surface area contributed by atoms with E-state index in [4.69, 9.17) is 0 Å². The average Bonchev–Trinajstić information content (AvgIpc) is 2.62. The van der Waals surface area contributed by atoms with Gasteiger partial charge in [-0.2, -0.15) is 0 Å². The van der Waals surface area contributed by atoms with Crippen LogP contribution in [0.3, 0.4) is 0 Å². The summed E-state index contributed by atoms with van der Waals surface area (Å²) in [5.74, 6) is 0. The van der Waals surface area contributed by atoms with Gasteiger partial charge in [0.2, 0.25) is 0 Å². The van der Waals surface area contributed by atoms with Crippen LogP contribution < -0.4 is 5.32 Å². The van der Waals surface area contributed by atoms with E-state index in [1.54, 1.807) is 7.05 Å². The monoisotopic (exact) mass is 271 g/mol. The molecule has 110 valence electrons. The lowest BCUT2D eigenvalue weighted by Gasteiger charge is -2.17. The minimum atomic E-state index is -1.04. The molecule has 0 aromatic carbocycles. The lowest BCUT2D eigenvalue weighted by Crippen LogP contribution is -2.46. The van der Waals surface area contributed by atoms with Crippen LogP contribution in [0.25, 0.3) is 0 Å². The molecule has 1 aliphatic rings. The number of aliphatic hydroxyl groups is 1. The van der Waals surface area contributed by atoms with Gasteiger partial charge in [-0.25, -0.2) is 14.5 Å². The predicted octanol–water partition coefficient (Wildman–Crippen LogP) is 1.74. The number of imide groups is 1. The second-order valence-electron chi connectivity index (χ2n) is 5.01. The third kappa shape index (κ3) is 4.70. The fraction of sp³-hybridized carbons (Fsp3) is 0.846. The van der Waals surface area contributed by atoms with Crippen molar-refractivity contribution < 1.29 is 14.7 Å². The van der Waals surface area contributed by atoms with Crippen LogP contribution in [0.15, 0.2) is 0 Å². The number of aliphatic hydroxyl groups excluding tert-OH is 1.